The van der Waals surface area contributed by atoms with E-state index in [0.29, 0.717) is 34.4 Å². The summed E-state index contributed by atoms with van der Waals surface area (Å²) >= 11 is 0. The molecule has 3 aliphatic rings. The van der Waals surface area contributed by atoms with E-state index < -0.39 is 30.2 Å². The number of methoxy groups -OCH3 is 1. The lowest BCUT2D eigenvalue weighted by Crippen LogP contribution is -2.24. The molecule has 25 heavy (non-hydrogen) atoms. The minimum atomic E-state index is -1.39. The standard InChI is InChI=1S/C17H14O8/c1-22-7-4-8-11(12-13(19)16(21)25-17(12)23-8)14-10(7)5-2-3-6(18)9(5)15(20)24-14/h4,12-13,16-17,19,21H,2-3H2,1H3/t12-,13?,16?,17-/m1/s1. The Hall–Kier alpha value is -2.42. The summed E-state index contributed by atoms with van der Waals surface area (Å²) in [7, 11) is 1.47. The maximum Gasteiger partial charge on any atom is 0.347 e. The third-order valence-corrected chi connectivity index (χ3v) is 5.15. The highest BCUT2D eigenvalue weighted by molar-refractivity contribution is 6.06. The molecule has 1 fully saturated rings. The number of benzene rings is 1. The van der Waals surface area contributed by atoms with Gasteiger partial charge in [0, 0.05) is 12.5 Å². The largest absolute Gasteiger partial charge is 0.496 e. The second-order valence-electron chi connectivity index (χ2n) is 6.39. The van der Waals surface area contributed by atoms with Crippen molar-refractivity contribution in [1.82, 2.24) is 0 Å². The molecule has 1 aliphatic carbocycles. The van der Waals surface area contributed by atoms with Crippen LogP contribution in [0.3, 0.4) is 0 Å². The van der Waals surface area contributed by atoms with Gasteiger partial charge in [-0.1, -0.05) is 0 Å². The SMILES string of the molecule is COc1cc2c(c3oc(=O)c4c(c13)CCC4=O)[C@@H]1C(O)C(O)O[C@H]1O2. The van der Waals surface area contributed by atoms with Crippen LogP contribution >= 0.6 is 0 Å². The summed E-state index contributed by atoms with van der Waals surface area (Å²) in [6, 6.07) is 1.63. The van der Waals surface area contributed by atoms with Crippen molar-refractivity contribution < 1.29 is 33.6 Å². The van der Waals surface area contributed by atoms with Crippen LogP contribution in [-0.4, -0.2) is 41.8 Å². The summed E-state index contributed by atoms with van der Waals surface area (Å²) in [6.45, 7) is 0. The fraction of sp³-hybridized carbons (Fsp3) is 0.412. The summed E-state index contributed by atoms with van der Waals surface area (Å²) < 4.78 is 21.7. The van der Waals surface area contributed by atoms with Gasteiger partial charge in [-0.05, 0) is 12.0 Å². The number of Topliss-reactive ketones (excluding diaryl/α,β-unsaturated/α-hetero) is 1. The maximum atomic E-state index is 12.4. The molecule has 2 aliphatic heterocycles. The van der Waals surface area contributed by atoms with E-state index in [2.05, 4.69) is 0 Å². The molecule has 1 aromatic heterocycles. The molecule has 2 N–H and O–H groups in total. The van der Waals surface area contributed by atoms with Crippen molar-refractivity contribution in [3.8, 4) is 11.5 Å². The molecule has 0 spiro atoms. The predicted octanol–water partition coefficient (Wildman–Crippen LogP) is 0.442. The fourth-order valence-corrected chi connectivity index (χ4v) is 4.05. The predicted molar refractivity (Wildman–Crippen MR) is 81.9 cm³/mol. The number of ether oxygens (including phenoxy) is 3. The van der Waals surface area contributed by atoms with Crippen molar-refractivity contribution in [2.75, 3.05) is 7.11 Å². The summed E-state index contributed by atoms with van der Waals surface area (Å²) in [6.07, 6.45) is -2.82. The molecule has 130 valence electrons. The van der Waals surface area contributed by atoms with Crippen molar-refractivity contribution in [3.63, 3.8) is 0 Å². The number of hydrogen-bond donors (Lipinski definition) is 2. The van der Waals surface area contributed by atoms with E-state index in [9.17, 15) is 19.8 Å². The monoisotopic (exact) mass is 346 g/mol. The van der Waals surface area contributed by atoms with E-state index in [-0.39, 0.29) is 23.4 Å². The molecule has 1 aromatic carbocycles. The van der Waals surface area contributed by atoms with Crippen LogP contribution in [0.2, 0.25) is 0 Å². The number of ketones is 1. The average molecular weight is 346 g/mol. The van der Waals surface area contributed by atoms with E-state index in [1.54, 1.807) is 6.07 Å². The third-order valence-electron chi connectivity index (χ3n) is 5.15. The Morgan fingerprint density at radius 3 is 2.80 bits per heavy atom. The lowest BCUT2D eigenvalue weighted by molar-refractivity contribution is -0.165. The highest BCUT2D eigenvalue weighted by Crippen LogP contribution is 2.52. The Morgan fingerprint density at radius 2 is 2.04 bits per heavy atom. The van der Waals surface area contributed by atoms with Crippen molar-refractivity contribution in [2.45, 2.75) is 37.4 Å². The van der Waals surface area contributed by atoms with Crippen LogP contribution in [0, 0.1) is 0 Å². The molecule has 8 heteroatoms. The Bertz CT molecular complexity index is 991. The Labute approximate surface area is 140 Å². The van der Waals surface area contributed by atoms with Gasteiger partial charge in [-0.3, -0.25) is 4.79 Å². The molecule has 2 unspecified atom stereocenters. The number of aliphatic hydroxyl groups is 2. The van der Waals surface area contributed by atoms with Crippen LogP contribution in [0.1, 0.15) is 33.8 Å². The van der Waals surface area contributed by atoms with Gasteiger partial charge in [-0.15, -0.1) is 0 Å². The van der Waals surface area contributed by atoms with Crippen LogP contribution in [0.5, 0.6) is 11.5 Å². The van der Waals surface area contributed by atoms with Crippen LogP contribution < -0.4 is 15.1 Å². The van der Waals surface area contributed by atoms with Gasteiger partial charge in [0.15, 0.2) is 12.1 Å². The average Bonchev–Trinajstić information content (AvgIpc) is 3.21. The zero-order valence-corrected chi connectivity index (χ0v) is 13.1. The molecular weight excluding hydrogens is 332 g/mol. The smallest absolute Gasteiger partial charge is 0.347 e. The Morgan fingerprint density at radius 1 is 1.24 bits per heavy atom. The van der Waals surface area contributed by atoms with Gasteiger partial charge in [0.2, 0.25) is 6.29 Å². The van der Waals surface area contributed by atoms with Crippen LogP contribution in [-0.2, 0) is 11.2 Å². The first-order valence-electron chi connectivity index (χ1n) is 7.93. The second-order valence-corrected chi connectivity index (χ2v) is 6.39. The number of hydrogen-bond acceptors (Lipinski definition) is 8. The number of carbonyl (C=O) groups is 1. The first kappa shape index (κ1) is 14.9. The summed E-state index contributed by atoms with van der Waals surface area (Å²) in [4.78, 5) is 24.4. The molecule has 8 nitrogen and oxygen atoms in total. The molecule has 3 heterocycles. The second kappa shape index (κ2) is 4.81. The van der Waals surface area contributed by atoms with Gasteiger partial charge in [0.05, 0.1) is 24.0 Å². The third kappa shape index (κ3) is 1.76. The number of aliphatic hydroxyl groups excluding tert-OH is 2. The Kier molecular flexibility index (Phi) is 2.87. The molecule has 1 saturated heterocycles. The molecule has 5 rings (SSSR count). The van der Waals surface area contributed by atoms with Gasteiger partial charge in [-0.25, -0.2) is 4.79 Å². The maximum absolute atomic E-state index is 12.4. The highest BCUT2D eigenvalue weighted by atomic mass is 16.7. The van der Waals surface area contributed by atoms with E-state index in [1.807, 2.05) is 0 Å². The molecule has 0 bridgehead atoms. The number of aryl methyl sites for hydroxylation is 1. The summed E-state index contributed by atoms with van der Waals surface area (Å²) in [5.41, 5.74) is 0.594. The van der Waals surface area contributed by atoms with Crippen molar-refractivity contribution in [1.29, 1.82) is 0 Å². The van der Waals surface area contributed by atoms with Gasteiger partial charge in [0.1, 0.15) is 28.7 Å². The molecular formula is C17H14O8. The first-order valence-corrected chi connectivity index (χ1v) is 7.93. The Balaban J connectivity index is 1.88. The zero-order valence-electron chi connectivity index (χ0n) is 13.1. The number of carbonyl (C=O) groups excluding carboxylic acids is 1. The molecule has 0 radical (unpaired) electrons. The van der Waals surface area contributed by atoms with Crippen molar-refractivity contribution in [3.05, 3.63) is 33.2 Å². The van der Waals surface area contributed by atoms with Gasteiger partial charge in [0.25, 0.3) is 0 Å². The van der Waals surface area contributed by atoms with Gasteiger partial charge >= 0.3 is 5.63 Å². The zero-order chi connectivity index (χ0) is 17.5. The van der Waals surface area contributed by atoms with Gasteiger partial charge in [-0.2, -0.15) is 0 Å². The van der Waals surface area contributed by atoms with E-state index in [1.165, 1.54) is 7.11 Å². The molecule has 0 amide bonds. The quantitative estimate of drug-likeness (QED) is 0.715. The first-order chi connectivity index (χ1) is 12.0. The van der Waals surface area contributed by atoms with Crippen LogP contribution in [0.25, 0.3) is 11.0 Å². The normalized spacial score (nSPS) is 29.5. The topological polar surface area (TPSA) is 115 Å². The molecule has 0 saturated carbocycles. The minimum Gasteiger partial charge on any atom is -0.496 e. The van der Waals surface area contributed by atoms with Crippen molar-refractivity contribution >= 4 is 16.8 Å². The fourth-order valence-electron chi connectivity index (χ4n) is 4.05. The van der Waals surface area contributed by atoms with Crippen molar-refractivity contribution in [2.24, 2.45) is 0 Å². The lowest BCUT2D eigenvalue weighted by atomic mass is 9.92. The summed E-state index contributed by atoms with van der Waals surface area (Å²) in [5.74, 6) is -0.171. The van der Waals surface area contributed by atoms with Crippen LogP contribution in [0.15, 0.2) is 15.3 Å². The summed E-state index contributed by atoms with van der Waals surface area (Å²) in [5, 5.41) is 20.5. The van der Waals surface area contributed by atoms with E-state index >= 15 is 0 Å². The lowest BCUT2D eigenvalue weighted by Gasteiger charge is -2.16. The highest BCUT2D eigenvalue weighted by Gasteiger charge is 2.52. The molecule has 4 atom stereocenters. The number of rotatable bonds is 1. The minimum absolute atomic E-state index is 0.0597. The van der Waals surface area contributed by atoms with E-state index in [0.717, 1.165) is 0 Å². The van der Waals surface area contributed by atoms with E-state index in [4.69, 9.17) is 18.6 Å². The molecule has 2 aromatic rings. The van der Waals surface area contributed by atoms with Crippen LogP contribution in [0.4, 0.5) is 0 Å². The number of fused-ring (bicyclic) bond motifs is 7. The van der Waals surface area contributed by atoms with Gasteiger partial charge < -0.3 is 28.8 Å².